The summed E-state index contributed by atoms with van der Waals surface area (Å²) < 4.78 is 0. The molecule has 0 aromatic carbocycles. The van der Waals surface area contributed by atoms with Crippen molar-refractivity contribution in [1.82, 2.24) is 9.97 Å². The Kier molecular flexibility index (Phi) is 3.61. The fraction of sp³-hybridized carbons (Fsp3) is 0.154. The highest BCUT2D eigenvalue weighted by Gasteiger charge is 2.13. The molecule has 0 radical (unpaired) electrons. The van der Waals surface area contributed by atoms with E-state index in [4.69, 9.17) is 11.5 Å². The zero-order chi connectivity index (χ0) is 13.8. The predicted molar refractivity (Wildman–Crippen MR) is 73.4 cm³/mol. The number of carbonyl (C=O) groups excluding carboxylic acids is 1. The Balaban J connectivity index is 2.26. The number of pyridine rings is 2. The lowest BCUT2D eigenvalue weighted by Gasteiger charge is -2.16. The second-order valence-electron chi connectivity index (χ2n) is 4.14. The van der Waals surface area contributed by atoms with Crippen molar-refractivity contribution in [1.29, 1.82) is 0 Å². The first-order valence-corrected chi connectivity index (χ1v) is 5.80. The van der Waals surface area contributed by atoms with Gasteiger partial charge in [0, 0.05) is 6.20 Å². The fourth-order valence-electron chi connectivity index (χ4n) is 1.73. The number of primary amides is 1. The molecule has 1 atom stereocenters. The van der Waals surface area contributed by atoms with Crippen LogP contribution >= 0.6 is 0 Å². The quantitative estimate of drug-likeness (QED) is 0.766. The zero-order valence-corrected chi connectivity index (χ0v) is 10.5. The van der Waals surface area contributed by atoms with E-state index < -0.39 is 5.91 Å². The van der Waals surface area contributed by atoms with Crippen LogP contribution in [0, 0.1) is 0 Å². The molecule has 0 aliphatic heterocycles. The van der Waals surface area contributed by atoms with E-state index in [2.05, 4.69) is 15.3 Å². The fourth-order valence-corrected chi connectivity index (χ4v) is 1.73. The van der Waals surface area contributed by atoms with Gasteiger partial charge in [-0.15, -0.1) is 0 Å². The van der Waals surface area contributed by atoms with Gasteiger partial charge in [-0.25, -0.2) is 4.98 Å². The van der Waals surface area contributed by atoms with Crippen molar-refractivity contribution in [2.24, 2.45) is 5.73 Å². The lowest BCUT2D eigenvalue weighted by molar-refractivity contribution is 0.100. The highest BCUT2D eigenvalue weighted by Crippen LogP contribution is 2.21. The topological polar surface area (TPSA) is 107 Å². The van der Waals surface area contributed by atoms with Crippen LogP contribution in [-0.2, 0) is 0 Å². The molecule has 98 valence electrons. The van der Waals surface area contributed by atoms with E-state index in [0.29, 0.717) is 11.3 Å². The lowest BCUT2D eigenvalue weighted by Crippen LogP contribution is -2.17. The number of nitrogens with zero attached hydrogens (tertiary/aromatic N) is 2. The molecule has 6 heteroatoms. The summed E-state index contributed by atoms with van der Waals surface area (Å²) >= 11 is 0. The van der Waals surface area contributed by atoms with E-state index in [9.17, 15) is 4.79 Å². The molecule has 2 aromatic rings. The lowest BCUT2D eigenvalue weighted by atomic mass is 10.1. The second kappa shape index (κ2) is 5.34. The van der Waals surface area contributed by atoms with E-state index in [1.165, 1.54) is 12.3 Å². The average Bonchev–Trinajstić information content (AvgIpc) is 2.41. The highest BCUT2D eigenvalue weighted by atomic mass is 16.1. The van der Waals surface area contributed by atoms with Gasteiger partial charge in [0.05, 0.1) is 29.2 Å². The molecule has 0 bridgehead atoms. The Morgan fingerprint density at radius 1 is 1.37 bits per heavy atom. The Labute approximate surface area is 110 Å². The molecule has 1 unspecified atom stereocenters. The maximum atomic E-state index is 11.4. The smallest absolute Gasteiger partial charge is 0.250 e. The number of hydrogen-bond donors (Lipinski definition) is 3. The van der Waals surface area contributed by atoms with Crippen LogP contribution in [0.5, 0.6) is 0 Å². The highest BCUT2D eigenvalue weighted by molar-refractivity contribution is 5.99. The monoisotopic (exact) mass is 257 g/mol. The summed E-state index contributed by atoms with van der Waals surface area (Å²) in [5.41, 5.74) is 12.6. The van der Waals surface area contributed by atoms with E-state index in [1.54, 1.807) is 6.20 Å². The standard InChI is InChI=1S/C13H15N5O/c1-8(10-4-2-3-5-16-10)18-11-7-17-12(14)6-9(11)13(15)19/h2-8,18H,1H3,(H2,14,17)(H2,15,19). The van der Waals surface area contributed by atoms with E-state index in [-0.39, 0.29) is 11.9 Å². The van der Waals surface area contributed by atoms with Crippen LogP contribution in [0.3, 0.4) is 0 Å². The normalized spacial score (nSPS) is 11.8. The molecule has 0 saturated heterocycles. The SMILES string of the molecule is CC(Nc1cnc(N)cc1C(N)=O)c1ccccn1. The van der Waals surface area contributed by atoms with Gasteiger partial charge in [0.15, 0.2) is 0 Å². The molecule has 0 fully saturated rings. The molecular formula is C13H15N5O. The van der Waals surface area contributed by atoms with Crippen LogP contribution in [0.4, 0.5) is 11.5 Å². The van der Waals surface area contributed by atoms with Gasteiger partial charge in [-0.05, 0) is 25.1 Å². The van der Waals surface area contributed by atoms with Crippen LogP contribution in [0.15, 0.2) is 36.7 Å². The summed E-state index contributed by atoms with van der Waals surface area (Å²) in [4.78, 5) is 19.6. The van der Waals surface area contributed by atoms with Crippen LogP contribution in [0.1, 0.15) is 29.0 Å². The number of aromatic nitrogens is 2. The first kappa shape index (κ1) is 12.8. The maximum absolute atomic E-state index is 11.4. The van der Waals surface area contributed by atoms with Crippen molar-refractivity contribution in [2.75, 3.05) is 11.1 Å². The molecule has 1 amide bonds. The van der Waals surface area contributed by atoms with Crippen molar-refractivity contribution >= 4 is 17.4 Å². The summed E-state index contributed by atoms with van der Waals surface area (Å²) in [6.07, 6.45) is 3.21. The molecule has 5 N–H and O–H groups in total. The summed E-state index contributed by atoms with van der Waals surface area (Å²) in [5.74, 6) is -0.297. The predicted octanol–water partition coefficient (Wildman–Crippen LogP) is 1.33. The van der Waals surface area contributed by atoms with Crippen LogP contribution in [-0.4, -0.2) is 15.9 Å². The maximum Gasteiger partial charge on any atom is 0.250 e. The molecule has 19 heavy (non-hydrogen) atoms. The van der Waals surface area contributed by atoms with E-state index >= 15 is 0 Å². The number of nitrogen functional groups attached to an aromatic ring is 1. The van der Waals surface area contributed by atoms with E-state index in [1.807, 2.05) is 25.1 Å². The number of anilines is 2. The molecule has 2 rings (SSSR count). The number of nitrogens with one attached hydrogen (secondary N) is 1. The molecule has 0 saturated carbocycles. The first-order chi connectivity index (χ1) is 9.08. The summed E-state index contributed by atoms with van der Waals surface area (Å²) in [6.45, 7) is 1.93. The molecule has 0 spiro atoms. The van der Waals surface area contributed by atoms with Gasteiger partial charge in [-0.1, -0.05) is 6.07 Å². The van der Waals surface area contributed by atoms with Gasteiger partial charge in [0.2, 0.25) is 0 Å². The summed E-state index contributed by atoms with van der Waals surface area (Å²) in [5, 5.41) is 3.15. The van der Waals surface area contributed by atoms with Crippen molar-refractivity contribution in [3.63, 3.8) is 0 Å². The number of hydrogen-bond acceptors (Lipinski definition) is 5. The second-order valence-corrected chi connectivity index (χ2v) is 4.14. The summed E-state index contributed by atoms with van der Waals surface area (Å²) in [7, 11) is 0. The Morgan fingerprint density at radius 2 is 2.16 bits per heavy atom. The zero-order valence-electron chi connectivity index (χ0n) is 10.5. The third-order valence-electron chi connectivity index (χ3n) is 2.69. The number of rotatable bonds is 4. The number of nitrogens with two attached hydrogens (primary N) is 2. The van der Waals surface area contributed by atoms with Crippen LogP contribution in [0.25, 0.3) is 0 Å². The Bertz CT molecular complexity index is 585. The number of amides is 1. The molecule has 0 aliphatic rings. The van der Waals surface area contributed by atoms with Crippen molar-refractivity contribution < 1.29 is 4.79 Å². The van der Waals surface area contributed by atoms with Crippen LogP contribution < -0.4 is 16.8 Å². The average molecular weight is 257 g/mol. The first-order valence-electron chi connectivity index (χ1n) is 5.80. The third-order valence-corrected chi connectivity index (χ3v) is 2.69. The van der Waals surface area contributed by atoms with Gasteiger partial charge in [0.25, 0.3) is 5.91 Å². The van der Waals surface area contributed by atoms with Crippen LogP contribution in [0.2, 0.25) is 0 Å². The van der Waals surface area contributed by atoms with Crippen molar-refractivity contribution in [2.45, 2.75) is 13.0 Å². The van der Waals surface area contributed by atoms with Gasteiger partial charge >= 0.3 is 0 Å². The Morgan fingerprint density at radius 3 is 2.79 bits per heavy atom. The van der Waals surface area contributed by atoms with Gasteiger partial charge in [-0.2, -0.15) is 0 Å². The van der Waals surface area contributed by atoms with Crippen molar-refractivity contribution in [3.05, 3.63) is 47.9 Å². The minimum absolute atomic E-state index is 0.0790. The molecular weight excluding hydrogens is 242 g/mol. The van der Waals surface area contributed by atoms with Crippen molar-refractivity contribution in [3.8, 4) is 0 Å². The summed E-state index contributed by atoms with van der Waals surface area (Å²) in [6, 6.07) is 7.01. The van der Waals surface area contributed by atoms with Gasteiger partial charge in [0.1, 0.15) is 5.82 Å². The Hall–Kier alpha value is -2.63. The third kappa shape index (κ3) is 2.98. The molecule has 2 heterocycles. The molecule has 2 aromatic heterocycles. The number of carbonyl (C=O) groups is 1. The molecule has 0 aliphatic carbocycles. The van der Waals surface area contributed by atoms with Gasteiger partial charge < -0.3 is 16.8 Å². The minimum atomic E-state index is -0.551. The van der Waals surface area contributed by atoms with Gasteiger partial charge in [-0.3, -0.25) is 9.78 Å². The minimum Gasteiger partial charge on any atom is -0.384 e. The largest absolute Gasteiger partial charge is 0.384 e. The van der Waals surface area contributed by atoms with E-state index in [0.717, 1.165) is 5.69 Å². The molecule has 6 nitrogen and oxygen atoms in total.